The maximum absolute atomic E-state index is 11.1. The fourth-order valence-electron chi connectivity index (χ4n) is 1.88. The van der Waals surface area contributed by atoms with Gasteiger partial charge in [-0.25, -0.2) is 4.79 Å². The number of nitrogens with zero attached hydrogens (tertiary/aromatic N) is 4. The minimum atomic E-state index is -0.434. The number of halogens is 1. The molecule has 9 heteroatoms. The van der Waals surface area contributed by atoms with Gasteiger partial charge in [0.1, 0.15) is 0 Å². The number of aromatic nitrogens is 3. The summed E-state index contributed by atoms with van der Waals surface area (Å²) in [7, 11) is 3.05. The highest BCUT2D eigenvalue weighted by Crippen LogP contribution is 2.18. The minimum Gasteiger partial charge on any atom is -0.453 e. The molecule has 1 saturated heterocycles. The van der Waals surface area contributed by atoms with Gasteiger partial charge in [0.2, 0.25) is 17.2 Å². The second kappa shape index (κ2) is 5.87. The number of amides is 1. The summed E-state index contributed by atoms with van der Waals surface area (Å²) in [4.78, 5) is 25.3. The van der Waals surface area contributed by atoms with Gasteiger partial charge < -0.3 is 20.3 Å². The van der Waals surface area contributed by atoms with Gasteiger partial charge in [-0.2, -0.15) is 15.0 Å². The molecule has 0 aliphatic carbocycles. The predicted octanol–water partition coefficient (Wildman–Crippen LogP) is 0.501. The van der Waals surface area contributed by atoms with Gasteiger partial charge in [0.15, 0.2) is 0 Å². The van der Waals surface area contributed by atoms with Crippen molar-refractivity contribution in [3.05, 3.63) is 5.28 Å². The molecule has 2 heterocycles. The Balaban J connectivity index is 2.04. The number of carbonyl (C=O) groups is 1. The van der Waals surface area contributed by atoms with E-state index in [0.29, 0.717) is 18.4 Å². The van der Waals surface area contributed by atoms with Crippen molar-refractivity contribution in [2.45, 2.75) is 12.5 Å². The average Bonchev–Trinajstić information content (AvgIpc) is 2.86. The quantitative estimate of drug-likeness (QED) is 0.836. The zero-order valence-electron chi connectivity index (χ0n) is 10.7. The van der Waals surface area contributed by atoms with Crippen molar-refractivity contribution in [2.75, 3.05) is 37.5 Å². The molecule has 0 aromatic carbocycles. The summed E-state index contributed by atoms with van der Waals surface area (Å²) in [6, 6.07) is 0.0148. The number of hydrogen-bond donors (Lipinski definition) is 2. The van der Waals surface area contributed by atoms with Crippen LogP contribution in [0.5, 0.6) is 0 Å². The van der Waals surface area contributed by atoms with Crippen molar-refractivity contribution in [1.29, 1.82) is 0 Å². The van der Waals surface area contributed by atoms with Crippen LogP contribution in [0, 0.1) is 0 Å². The van der Waals surface area contributed by atoms with Gasteiger partial charge in [0.05, 0.1) is 13.2 Å². The standard InChI is InChI=1S/C10H15ClN6O2/c1-12-8-14-7(11)15-9(16-8)17-4-3-6(5-17)13-10(18)19-2/h6H,3-5H2,1-2H3,(H,13,18)(H,12,14,15,16). The molecule has 2 rings (SSSR count). The number of nitrogens with one attached hydrogen (secondary N) is 2. The van der Waals surface area contributed by atoms with E-state index >= 15 is 0 Å². The molecular formula is C10H15ClN6O2. The van der Waals surface area contributed by atoms with Gasteiger partial charge in [-0.05, 0) is 18.0 Å². The number of carbonyl (C=O) groups excluding carboxylic acids is 1. The van der Waals surface area contributed by atoms with Crippen LogP contribution in [0.1, 0.15) is 6.42 Å². The van der Waals surface area contributed by atoms with E-state index in [2.05, 4.69) is 30.3 Å². The Kier molecular flexibility index (Phi) is 4.20. The number of anilines is 2. The molecule has 1 fully saturated rings. The highest BCUT2D eigenvalue weighted by molar-refractivity contribution is 6.28. The zero-order chi connectivity index (χ0) is 13.8. The van der Waals surface area contributed by atoms with E-state index in [1.54, 1.807) is 7.05 Å². The molecule has 0 spiro atoms. The van der Waals surface area contributed by atoms with E-state index in [1.807, 2.05) is 4.90 Å². The molecule has 1 aliphatic heterocycles. The zero-order valence-corrected chi connectivity index (χ0v) is 11.4. The molecule has 1 amide bonds. The Morgan fingerprint density at radius 3 is 2.95 bits per heavy atom. The first kappa shape index (κ1) is 13.6. The van der Waals surface area contributed by atoms with Crippen LogP contribution in [0.15, 0.2) is 0 Å². The molecule has 1 aliphatic rings. The Labute approximate surface area is 115 Å². The van der Waals surface area contributed by atoms with E-state index in [1.165, 1.54) is 7.11 Å². The second-order valence-corrected chi connectivity index (χ2v) is 4.38. The summed E-state index contributed by atoms with van der Waals surface area (Å²) in [5.41, 5.74) is 0. The molecule has 1 atom stereocenters. The molecule has 1 aromatic heterocycles. The van der Waals surface area contributed by atoms with Crippen molar-refractivity contribution in [2.24, 2.45) is 0 Å². The van der Waals surface area contributed by atoms with Gasteiger partial charge in [-0.3, -0.25) is 0 Å². The average molecular weight is 287 g/mol. The highest BCUT2D eigenvalue weighted by atomic mass is 35.5. The number of methoxy groups -OCH3 is 1. The normalized spacial score (nSPS) is 18.3. The van der Waals surface area contributed by atoms with Crippen LogP contribution < -0.4 is 15.5 Å². The summed E-state index contributed by atoms with van der Waals surface area (Å²) in [5, 5.41) is 5.71. The summed E-state index contributed by atoms with van der Waals surface area (Å²) < 4.78 is 4.57. The van der Waals surface area contributed by atoms with Crippen LogP contribution in [0.3, 0.4) is 0 Å². The van der Waals surface area contributed by atoms with Crippen LogP contribution in [0.2, 0.25) is 5.28 Å². The molecule has 19 heavy (non-hydrogen) atoms. The summed E-state index contributed by atoms with van der Waals surface area (Å²) in [5.74, 6) is 0.915. The molecule has 104 valence electrons. The molecular weight excluding hydrogens is 272 g/mol. The van der Waals surface area contributed by atoms with Gasteiger partial charge in [0.25, 0.3) is 0 Å². The molecule has 1 unspecified atom stereocenters. The van der Waals surface area contributed by atoms with Crippen molar-refractivity contribution in [3.8, 4) is 0 Å². The van der Waals surface area contributed by atoms with E-state index in [4.69, 9.17) is 11.6 Å². The lowest BCUT2D eigenvalue weighted by Gasteiger charge is -2.17. The lowest BCUT2D eigenvalue weighted by Crippen LogP contribution is -2.37. The maximum Gasteiger partial charge on any atom is 0.407 e. The molecule has 0 bridgehead atoms. The molecule has 2 N–H and O–H groups in total. The summed E-state index contributed by atoms with van der Waals surface area (Å²) in [6.07, 6.45) is 0.365. The van der Waals surface area contributed by atoms with Gasteiger partial charge in [-0.15, -0.1) is 0 Å². The lowest BCUT2D eigenvalue weighted by molar-refractivity contribution is 0.167. The van der Waals surface area contributed by atoms with E-state index < -0.39 is 6.09 Å². The van der Waals surface area contributed by atoms with E-state index in [0.717, 1.165) is 13.0 Å². The summed E-state index contributed by atoms with van der Waals surface area (Å²) in [6.45, 7) is 1.34. The first-order valence-corrected chi connectivity index (χ1v) is 6.19. The Morgan fingerprint density at radius 2 is 2.26 bits per heavy atom. The smallest absolute Gasteiger partial charge is 0.407 e. The number of alkyl carbamates (subject to hydrolysis) is 1. The molecule has 1 aromatic rings. The lowest BCUT2D eigenvalue weighted by atomic mass is 10.3. The van der Waals surface area contributed by atoms with Crippen molar-refractivity contribution in [3.63, 3.8) is 0 Å². The van der Waals surface area contributed by atoms with Crippen molar-refractivity contribution in [1.82, 2.24) is 20.3 Å². The third-order valence-electron chi connectivity index (χ3n) is 2.80. The Morgan fingerprint density at radius 1 is 1.47 bits per heavy atom. The van der Waals surface area contributed by atoms with Crippen LogP contribution in [-0.4, -0.2) is 54.3 Å². The first-order valence-electron chi connectivity index (χ1n) is 5.81. The SMILES string of the molecule is CNc1nc(Cl)nc(N2CCC(NC(=O)OC)C2)n1. The summed E-state index contributed by atoms with van der Waals surface area (Å²) >= 11 is 5.83. The van der Waals surface area contributed by atoms with E-state index in [9.17, 15) is 4.79 Å². The maximum atomic E-state index is 11.1. The van der Waals surface area contributed by atoms with Crippen molar-refractivity contribution >= 4 is 29.6 Å². The van der Waals surface area contributed by atoms with Crippen LogP contribution in [0.25, 0.3) is 0 Å². The molecule has 0 saturated carbocycles. The Bertz CT molecular complexity index is 471. The third kappa shape index (κ3) is 3.34. The first-order chi connectivity index (χ1) is 9.12. The van der Waals surface area contributed by atoms with Gasteiger partial charge >= 0.3 is 6.09 Å². The minimum absolute atomic E-state index is 0.0148. The third-order valence-corrected chi connectivity index (χ3v) is 2.97. The van der Waals surface area contributed by atoms with E-state index in [-0.39, 0.29) is 11.3 Å². The van der Waals surface area contributed by atoms with Crippen molar-refractivity contribution < 1.29 is 9.53 Å². The second-order valence-electron chi connectivity index (χ2n) is 4.05. The molecule has 8 nitrogen and oxygen atoms in total. The molecule has 0 radical (unpaired) electrons. The number of ether oxygens (including phenoxy) is 1. The van der Waals surface area contributed by atoms with Gasteiger partial charge in [-0.1, -0.05) is 0 Å². The monoisotopic (exact) mass is 286 g/mol. The fraction of sp³-hybridized carbons (Fsp3) is 0.600. The highest BCUT2D eigenvalue weighted by Gasteiger charge is 2.26. The fourth-order valence-corrected chi connectivity index (χ4v) is 2.03. The topological polar surface area (TPSA) is 92.3 Å². The largest absolute Gasteiger partial charge is 0.453 e. The Hall–Kier alpha value is -1.83. The van der Waals surface area contributed by atoms with Crippen LogP contribution >= 0.6 is 11.6 Å². The number of hydrogen-bond acceptors (Lipinski definition) is 7. The van der Waals surface area contributed by atoms with Crippen LogP contribution in [0.4, 0.5) is 16.7 Å². The van der Waals surface area contributed by atoms with Crippen LogP contribution in [-0.2, 0) is 4.74 Å². The number of rotatable bonds is 3. The van der Waals surface area contributed by atoms with Gasteiger partial charge in [0, 0.05) is 20.1 Å². The predicted molar refractivity (Wildman–Crippen MR) is 70.5 cm³/mol.